The molecule has 1 atom stereocenters. The highest BCUT2D eigenvalue weighted by molar-refractivity contribution is 7.89. The maximum absolute atomic E-state index is 12.4. The van der Waals surface area contributed by atoms with Crippen molar-refractivity contribution in [1.82, 2.24) is 8.87 Å². The second kappa shape index (κ2) is 7.60. The molecule has 148 valence electrons. The molecule has 1 unspecified atom stereocenters. The third-order valence-corrected chi connectivity index (χ3v) is 6.60. The first kappa shape index (κ1) is 19.0. The summed E-state index contributed by atoms with van der Waals surface area (Å²) in [5.41, 5.74) is 2.22. The Morgan fingerprint density at radius 1 is 1.11 bits per heavy atom. The molecule has 1 saturated heterocycles. The highest BCUT2D eigenvalue weighted by Crippen LogP contribution is 2.30. The minimum Gasteiger partial charge on any atom is -0.494 e. The number of nitrogens with zero attached hydrogens (tertiary/aromatic N) is 2. The van der Waals surface area contributed by atoms with Gasteiger partial charge in [0.2, 0.25) is 10.0 Å². The molecule has 3 aromatic rings. The standard InChI is InChI=1S/C22H26N2O3S/c1-23-14-5-7-19(23)13-15-27-20-11-9-17(10-12-20)22-16-18-6-3-4-8-21(18)24(22)28(2,25)26/h3-4,6,8-12,16,19H,5,7,13-15H2,1-2H3. The van der Waals surface area contributed by atoms with E-state index in [0.717, 1.165) is 23.1 Å². The van der Waals surface area contributed by atoms with Crippen molar-refractivity contribution < 1.29 is 13.2 Å². The van der Waals surface area contributed by atoms with Crippen molar-refractivity contribution in [1.29, 1.82) is 0 Å². The topological polar surface area (TPSA) is 51.5 Å². The Hall–Kier alpha value is -2.31. The Kier molecular flexibility index (Phi) is 5.17. The first-order chi connectivity index (χ1) is 13.4. The van der Waals surface area contributed by atoms with Crippen LogP contribution < -0.4 is 4.74 Å². The van der Waals surface area contributed by atoms with Gasteiger partial charge in [0.1, 0.15) is 5.75 Å². The summed E-state index contributed by atoms with van der Waals surface area (Å²) < 4.78 is 32.1. The Bertz CT molecular complexity index is 1070. The van der Waals surface area contributed by atoms with Crippen LogP contribution in [0.3, 0.4) is 0 Å². The average Bonchev–Trinajstić information content (AvgIpc) is 3.25. The van der Waals surface area contributed by atoms with Gasteiger partial charge in [0.05, 0.1) is 24.1 Å². The lowest BCUT2D eigenvalue weighted by molar-refractivity contribution is 0.233. The van der Waals surface area contributed by atoms with Gasteiger partial charge in [-0.3, -0.25) is 0 Å². The maximum atomic E-state index is 12.4. The van der Waals surface area contributed by atoms with E-state index in [0.29, 0.717) is 23.9 Å². The van der Waals surface area contributed by atoms with Crippen LogP contribution in [-0.2, 0) is 10.0 Å². The smallest absolute Gasteiger partial charge is 0.236 e. The van der Waals surface area contributed by atoms with Crippen molar-refractivity contribution in [2.75, 3.05) is 26.5 Å². The van der Waals surface area contributed by atoms with E-state index >= 15 is 0 Å². The fourth-order valence-electron chi connectivity index (χ4n) is 4.07. The third-order valence-electron chi connectivity index (χ3n) is 5.54. The number of hydrogen-bond acceptors (Lipinski definition) is 4. The summed E-state index contributed by atoms with van der Waals surface area (Å²) in [6.45, 7) is 1.87. The van der Waals surface area contributed by atoms with E-state index in [2.05, 4.69) is 11.9 Å². The summed E-state index contributed by atoms with van der Waals surface area (Å²) in [7, 11) is -1.25. The van der Waals surface area contributed by atoms with Crippen LogP contribution in [0.25, 0.3) is 22.2 Å². The summed E-state index contributed by atoms with van der Waals surface area (Å²) in [4.78, 5) is 2.40. The molecule has 4 rings (SSSR count). The number of aromatic nitrogens is 1. The van der Waals surface area contributed by atoms with E-state index in [-0.39, 0.29) is 0 Å². The molecule has 1 fully saturated rings. The minimum atomic E-state index is -3.42. The summed E-state index contributed by atoms with van der Waals surface area (Å²) in [6, 6.07) is 17.7. The second-order valence-corrected chi connectivity index (χ2v) is 9.39. The number of fused-ring (bicyclic) bond motifs is 1. The zero-order chi connectivity index (χ0) is 19.7. The van der Waals surface area contributed by atoms with Crippen LogP contribution in [0.5, 0.6) is 5.75 Å². The number of rotatable bonds is 6. The number of ether oxygens (including phenoxy) is 1. The third kappa shape index (κ3) is 3.80. The van der Waals surface area contributed by atoms with Gasteiger partial charge >= 0.3 is 0 Å². The highest BCUT2D eigenvalue weighted by atomic mass is 32.2. The van der Waals surface area contributed by atoms with Gasteiger partial charge in [-0.2, -0.15) is 0 Å². The first-order valence-electron chi connectivity index (χ1n) is 9.68. The molecule has 6 heteroatoms. The Labute approximate surface area is 166 Å². The predicted molar refractivity (Wildman–Crippen MR) is 113 cm³/mol. The SMILES string of the molecule is CN1CCCC1CCOc1ccc(-c2cc3ccccc3n2S(C)(=O)=O)cc1. The van der Waals surface area contributed by atoms with Gasteiger partial charge in [-0.05, 0) is 74.8 Å². The van der Waals surface area contributed by atoms with Gasteiger partial charge in [0.25, 0.3) is 0 Å². The van der Waals surface area contributed by atoms with Crippen molar-refractivity contribution in [3.05, 3.63) is 54.6 Å². The molecule has 0 bridgehead atoms. The van der Waals surface area contributed by atoms with Crippen LogP contribution in [0, 0.1) is 0 Å². The Balaban J connectivity index is 1.54. The zero-order valence-corrected chi connectivity index (χ0v) is 17.2. The van der Waals surface area contributed by atoms with Crippen LogP contribution in [0.2, 0.25) is 0 Å². The largest absolute Gasteiger partial charge is 0.494 e. The molecule has 0 aliphatic carbocycles. The molecule has 0 radical (unpaired) electrons. The number of para-hydroxylation sites is 1. The normalized spacial score (nSPS) is 18.0. The molecule has 0 spiro atoms. The lowest BCUT2D eigenvalue weighted by atomic mass is 10.1. The molecular formula is C22H26N2O3S. The molecule has 2 heterocycles. The van der Waals surface area contributed by atoms with E-state index in [9.17, 15) is 8.42 Å². The van der Waals surface area contributed by atoms with Crippen LogP contribution in [0.15, 0.2) is 54.6 Å². The molecule has 1 aromatic heterocycles. The first-order valence-corrected chi connectivity index (χ1v) is 11.5. The summed E-state index contributed by atoms with van der Waals surface area (Å²) in [6.07, 6.45) is 4.78. The maximum Gasteiger partial charge on any atom is 0.236 e. The lowest BCUT2D eigenvalue weighted by Gasteiger charge is -2.19. The monoisotopic (exact) mass is 398 g/mol. The Morgan fingerprint density at radius 3 is 2.54 bits per heavy atom. The van der Waals surface area contributed by atoms with E-state index in [1.807, 2.05) is 54.6 Å². The number of benzene rings is 2. The van der Waals surface area contributed by atoms with Gasteiger partial charge in [-0.1, -0.05) is 18.2 Å². The zero-order valence-electron chi connectivity index (χ0n) is 16.3. The molecule has 0 amide bonds. The van der Waals surface area contributed by atoms with Crippen molar-refractivity contribution >= 4 is 20.9 Å². The van der Waals surface area contributed by atoms with E-state index in [1.54, 1.807) is 0 Å². The number of likely N-dealkylation sites (tertiary alicyclic amines) is 1. The van der Waals surface area contributed by atoms with Crippen LogP contribution >= 0.6 is 0 Å². The molecular weight excluding hydrogens is 372 g/mol. The minimum absolute atomic E-state index is 0.616. The van der Waals surface area contributed by atoms with Crippen molar-refractivity contribution in [2.24, 2.45) is 0 Å². The van der Waals surface area contributed by atoms with E-state index in [4.69, 9.17) is 4.74 Å². The lowest BCUT2D eigenvalue weighted by Crippen LogP contribution is -2.26. The van der Waals surface area contributed by atoms with E-state index < -0.39 is 10.0 Å². The van der Waals surface area contributed by atoms with Crippen LogP contribution in [0.4, 0.5) is 0 Å². The van der Waals surface area contributed by atoms with Crippen molar-refractivity contribution in [3.8, 4) is 17.0 Å². The predicted octanol–water partition coefficient (Wildman–Crippen LogP) is 3.98. The Morgan fingerprint density at radius 2 is 1.86 bits per heavy atom. The number of hydrogen-bond donors (Lipinski definition) is 0. The molecule has 28 heavy (non-hydrogen) atoms. The van der Waals surface area contributed by atoms with Gasteiger partial charge in [0.15, 0.2) is 0 Å². The molecule has 5 nitrogen and oxygen atoms in total. The summed E-state index contributed by atoms with van der Waals surface area (Å²) in [5.74, 6) is 0.811. The second-order valence-electron chi connectivity index (χ2n) is 7.55. The summed E-state index contributed by atoms with van der Waals surface area (Å²) in [5, 5.41) is 0.906. The fraction of sp³-hybridized carbons (Fsp3) is 0.364. The van der Waals surface area contributed by atoms with Gasteiger partial charge < -0.3 is 9.64 Å². The highest BCUT2D eigenvalue weighted by Gasteiger charge is 2.20. The molecule has 1 aliphatic heterocycles. The fourth-order valence-corrected chi connectivity index (χ4v) is 5.11. The average molecular weight is 399 g/mol. The molecule has 2 aromatic carbocycles. The summed E-state index contributed by atoms with van der Waals surface area (Å²) >= 11 is 0. The molecule has 1 aliphatic rings. The van der Waals surface area contributed by atoms with Crippen molar-refractivity contribution in [2.45, 2.75) is 25.3 Å². The van der Waals surface area contributed by atoms with Gasteiger partial charge in [-0.15, -0.1) is 0 Å². The van der Waals surface area contributed by atoms with E-state index in [1.165, 1.54) is 29.6 Å². The van der Waals surface area contributed by atoms with Crippen LogP contribution in [0.1, 0.15) is 19.3 Å². The van der Waals surface area contributed by atoms with Crippen LogP contribution in [-0.4, -0.2) is 49.8 Å². The van der Waals surface area contributed by atoms with Gasteiger partial charge in [-0.25, -0.2) is 12.4 Å². The molecule has 0 N–H and O–H groups in total. The molecule has 0 saturated carbocycles. The van der Waals surface area contributed by atoms with Crippen molar-refractivity contribution in [3.63, 3.8) is 0 Å². The van der Waals surface area contributed by atoms with Gasteiger partial charge in [0, 0.05) is 11.4 Å². The quantitative estimate of drug-likeness (QED) is 0.630.